The highest BCUT2D eigenvalue weighted by molar-refractivity contribution is 6.32. The molecule has 0 aliphatic rings. The van der Waals surface area contributed by atoms with E-state index in [0.717, 1.165) is 24.3 Å². The Hall–Kier alpha value is -3.31. The van der Waals surface area contributed by atoms with Gasteiger partial charge in [-0.05, 0) is 19.1 Å². The lowest BCUT2D eigenvalue weighted by Gasteiger charge is -2.18. The standard InChI is InChI=1S/C14H13ClN4O7/c1-2-17(22)10-3-4-11(20)12(13(10)19(25)26)16-9-6-7(18(23)24)5-8(15)14(9)21/h3-6,16,20-22H,2H2,1H3. The van der Waals surface area contributed by atoms with Crippen molar-refractivity contribution in [3.8, 4) is 11.5 Å². The van der Waals surface area contributed by atoms with Gasteiger partial charge in [0, 0.05) is 18.7 Å². The number of rotatable bonds is 6. The van der Waals surface area contributed by atoms with Crippen molar-refractivity contribution in [2.75, 3.05) is 16.9 Å². The van der Waals surface area contributed by atoms with E-state index in [1.54, 1.807) is 0 Å². The SMILES string of the molecule is CCN(O)c1ccc(O)c(Nc2cc([N+](=O)[O-])cc(Cl)c2O)c1[N+](=O)[O-]. The van der Waals surface area contributed by atoms with E-state index in [1.807, 2.05) is 0 Å². The summed E-state index contributed by atoms with van der Waals surface area (Å²) in [5.41, 5.74) is -2.22. The number of anilines is 3. The molecule has 0 spiro atoms. The highest BCUT2D eigenvalue weighted by Gasteiger charge is 2.28. The van der Waals surface area contributed by atoms with Crippen molar-refractivity contribution in [2.45, 2.75) is 6.92 Å². The Morgan fingerprint density at radius 1 is 1.19 bits per heavy atom. The van der Waals surface area contributed by atoms with E-state index >= 15 is 0 Å². The number of nitro groups is 2. The van der Waals surface area contributed by atoms with Crippen LogP contribution in [-0.2, 0) is 0 Å². The van der Waals surface area contributed by atoms with E-state index in [4.69, 9.17) is 11.6 Å². The van der Waals surface area contributed by atoms with Gasteiger partial charge in [-0.2, -0.15) is 0 Å². The number of hydrogen-bond donors (Lipinski definition) is 4. The van der Waals surface area contributed by atoms with Crippen LogP contribution in [0.15, 0.2) is 24.3 Å². The van der Waals surface area contributed by atoms with Crippen LogP contribution in [0.4, 0.5) is 28.4 Å². The Kier molecular flexibility index (Phi) is 5.33. The number of hydroxylamine groups is 1. The number of nitro benzene ring substituents is 2. The minimum absolute atomic E-state index is 0.0128. The van der Waals surface area contributed by atoms with Crippen LogP contribution in [0.1, 0.15) is 6.92 Å². The first-order valence-electron chi connectivity index (χ1n) is 7.08. The molecule has 2 aromatic rings. The zero-order valence-corrected chi connectivity index (χ0v) is 14.0. The predicted molar refractivity (Wildman–Crippen MR) is 92.6 cm³/mol. The van der Waals surface area contributed by atoms with Gasteiger partial charge in [-0.1, -0.05) is 11.6 Å². The molecule has 11 nitrogen and oxygen atoms in total. The van der Waals surface area contributed by atoms with Gasteiger partial charge in [0.1, 0.15) is 11.4 Å². The first-order chi connectivity index (χ1) is 12.2. The molecule has 26 heavy (non-hydrogen) atoms. The zero-order valence-electron chi connectivity index (χ0n) is 13.2. The second-order valence-electron chi connectivity index (χ2n) is 5.01. The van der Waals surface area contributed by atoms with Crippen LogP contribution in [0.25, 0.3) is 0 Å². The molecule has 0 amide bonds. The molecule has 0 radical (unpaired) electrons. The van der Waals surface area contributed by atoms with Crippen LogP contribution >= 0.6 is 11.6 Å². The van der Waals surface area contributed by atoms with Crippen molar-refractivity contribution in [2.24, 2.45) is 0 Å². The van der Waals surface area contributed by atoms with Crippen molar-refractivity contribution >= 4 is 40.0 Å². The number of aromatic hydroxyl groups is 2. The van der Waals surface area contributed by atoms with E-state index in [0.29, 0.717) is 5.06 Å². The third-order valence-electron chi connectivity index (χ3n) is 3.41. The molecule has 0 heterocycles. The molecule has 0 unspecified atom stereocenters. The first-order valence-corrected chi connectivity index (χ1v) is 7.45. The molecular formula is C14H13ClN4O7. The fourth-order valence-electron chi connectivity index (χ4n) is 2.18. The average Bonchev–Trinajstić information content (AvgIpc) is 2.58. The van der Waals surface area contributed by atoms with Gasteiger partial charge in [0.2, 0.25) is 0 Å². The number of phenolic OH excluding ortho intramolecular Hbond substituents is 2. The fraction of sp³-hybridized carbons (Fsp3) is 0.143. The van der Waals surface area contributed by atoms with E-state index in [1.165, 1.54) is 6.92 Å². The molecule has 4 N–H and O–H groups in total. The molecule has 0 saturated heterocycles. The normalized spacial score (nSPS) is 10.4. The Morgan fingerprint density at radius 3 is 2.38 bits per heavy atom. The van der Waals surface area contributed by atoms with Gasteiger partial charge in [0.15, 0.2) is 11.4 Å². The summed E-state index contributed by atoms with van der Waals surface area (Å²) in [6, 6.07) is 4.01. The molecule has 2 rings (SSSR count). The van der Waals surface area contributed by atoms with Crippen LogP contribution in [-0.4, -0.2) is 31.8 Å². The van der Waals surface area contributed by atoms with Gasteiger partial charge in [0.25, 0.3) is 5.69 Å². The van der Waals surface area contributed by atoms with Crippen LogP contribution in [0, 0.1) is 20.2 Å². The Morgan fingerprint density at radius 2 is 1.85 bits per heavy atom. The summed E-state index contributed by atoms with van der Waals surface area (Å²) in [6.07, 6.45) is 0. The van der Waals surface area contributed by atoms with E-state index in [2.05, 4.69) is 5.32 Å². The quantitative estimate of drug-likeness (QED) is 0.331. The van der Waals surface area contributed by atoms with E-state index in [-0.39, 0.29) is 22.9 Å². The van der Waals surface area contributed by atoms with Gasteiger partial charge in [0.05, 0.1) is 20.6 Å². The molecule has 0 aromatic heterocycles. The molecule has 2 aromatic carbocycles. The van der Waals surface area contributed by atoms with Crippen molar-refractivity contribution in [3.63, 3.8) is 0 Å². The number of benzene rings is 2. The number of nitrogens with zero attached hydrogens (tertiary/aromatic N) is 3. The minimum Gasteiger partial charge on any atom is -0.505 e. The summed E-state index contributed by atoms with van der Waals surface area (Å²) in [7, 11) is 0. The molecule has 0 aliphatic carbocycles. The van der Waals surface area contributed by atoms with Gasteiger partial charge in [-0.3, -0.25) is 30.5 Å². The summed E-state index contributed by atoms with van der Waals surface area (Å²) in [5, 5.41) is 54.8. The summed E-state index contributed by atoms with van der Waals surface area (Å²) >= 11 is 5.74. The average molecular weight is 385 g/mol. The van der Waals surface area contributed by atoms with E-state index in [9.17, 15) is 35.6 Å². The first kappa shape index (κ1) is 19.0. The Balaban J connectivity index is 2.67. The van der Waals surface area contributed by atoms with Gasteiger partial charge in [-0.25, -0.2) is 0 Å². The molecular weight excluding hydrogens is 372 g/mol. The predicted octanol–water partition coefficient (Wildman–Crippen LogP) is 3.53. The zero-order chi connectivity index (χ0) is 19.6. The number of halogens is 1. The van der Waals surface area contributed by atoms with Crippen molar-refractivity contribution in [1.82, 2.24) is 0 Å². The summed E-state index contributed by atoms with van der Waals surface area (Å²) in [6.45, 7) is 1.55. The largest absolute Gasteiger partial charge is 0.505 e. The second kappa shape index (κ2) is 7.29. The maximum absolute atomic E-state index is 11.5. The summed E-state index contributed by atoms with van der Waals surface area (Å²) in [5.74, 6) is -1.18. The maximum atomic E-state index is 11.5. The van der Waals surface area contributed by atoms with Crippen LogP contribution in [0.3, 0.4) is 0 Å². The lowest BCUT2D eigenvalue weighted by molar-refractivity contribution is -0.384. The Labute approximate surface area is 150 Å². The lowest BCUT2D eigenvalue weighted by atomic mass is 10.1. The summed E-state index contributed by atoms with van der Waals surface area (Å²) < 4.78 is 0. The lowest BCUT2D eigenvalue weighted by Crippen LogP contribution is -2.18. The molecule has 0 aliphatic heterocycles. The van der Waals surface area contributed by atoms with Crippen molar-refractivity contribution in [1.29, 1.82) is 0 Å². The molecule has 0 fully saturated rings. The van der Waals surface area contributed by atoms with Crippen molar-refractivity contribution in [3.05, 3.63) is 49.5 Å². The second-order valence-corrected chi connectivity index (χ2v) is 5.41. The molecule has 138 valence electrons. The number of non-ortho nitro benzene ring substituents is 1. The molecule has 0 atom stereocenters. The van der Waals surface area contributed by atoms with Gasteiger partial charge >= 0.3 is 5.69 Å². The van der Waals surface area contributed by atoms with Crippen LogP contribution in [0.2, 0.25) is 5.02 Å². The summed E-state index contributed by atoms with van der Waals surface area (Å²) in [4.78, 5) is 20.8. The Bertz CT molecular complexity index is 890. The number of hydrogen-bond acceptors (Lipinski definition) is 9. The monoisotopic (exact) mass is 384 g/mol. The number of phenols is 2. The molecule has 12 heteroatoms. The third kappa shape index (κ3) is 3.53. The third-order valence-corrected chi connectivity index (χ3v) is 3.70. The molecule has 0 bridgehead atoms. The molecule has 0 saturated carbocycles. The van der Waals surface area contributed by atoms with Crippen LogP contribution < -0.4 is 10.4 Å². The van der Waals surface area contributed by atoms with Crippen LogP contribution in [0.5, 0.6) is 11.5 Å². The number of nitrogens with one attached hydrogen (secondary N) is 1. The smallest absolute Gasteiger partial charge is 0.321 e. The topological polar surface area (TPSA) is 162 Å². The van der Waals surface area contributed by atoms with Crippen molar-refractivity contribution < 1.29 is 25.3 Å². The minimum atomic E-state index is -0.855. The highest BCUT2D eigenvalue weighted by Crippen LogP contribution is 2.45. The maximum Gasteiger partial charge on any atom is 0.321 e. The highest BCUT2D eigenvalue weighted by atomic mass is 35.5. The van der Waals surface area contributed by atoms with E-state index < -0.39 is 38.4 Å². The fourth-order valence-corrected chi connectivity index (χ4v) is 2.39. The van der Waals surface area contributed by atoms with Gasteiger partial charge < -0.3 is 15.5 Å². The van der Waals surface area contributed by atoms with Gasteiger partial charge in [-0.15, -0.1) is 0 Å².